The van der Waals surface area contributed by atoms with Crippen molar-refractivity contribution < 1.29 is 9.90 Å². The van der Waals surface area contributed by atoms with Crippen LogP contribution in [0.1, 0.15) is 32.7 Å². The maximum Gasteiger partial charge on any atom is 0.335 e. The Kier molecular flexibility index (Phi) is 3.42. The summed E-state index contributed by atoms with van der Waals surface area (Å²) in [5.41, 5.74) is 4.22. The first-order valence-corrected chi connectivity index (χ1v) is 5.81. The van der Waals surface area contributed by atoms with E-state index in [9.17, 15) is 4.79 Å². The number of hydrogen-bond donors (Lipinski definition) is 1. The molecule has 3 heteroatoms. The number of hydrogen-bond acceptors (Lipinski definition) is 2. The molecule has 1 heterocycles. The van der Waals surface area contributed by atoms with E-state index >= 15 is 0 Å². The number of carboxylic acid groups (broad SMARTS) is 1. The molecule has 0 aliphatic heterocycles. The predicted molar refractivity (Wildman–Crippen MR) is 69.9 cm³/mol. The third-order valence-electron chi connectivity index (χ3n) is 3.01. The first-order chi connectivity index (χ1) is 8.58. The first kappa shape index (κ1) is 12.3. The Hall–Kier alpha value is -2.16. The fourth-order valence-corrected chi connectivity index (χ4v) is 2.02. The molecule has 0 amide bonds. The summed E-state index contributed by atoms with van der Waals surface area (Å²) in [6.45, 7) is 3.82. The van der Waals surface area contributed by atoms with Crippen LogP contribution in [0, 0.1) is 13.8 Å². The van der Waals surface area contributed by atoms with Crippen LogP contribution in [-0.2, 0) is 6.42 Å². The summed E-state index contributed by atoms with van der Waals surface area (Å²) in [5, 5.41) is 9.13. The van der Waals surface area contributed by atoms with E-state index in [1.165, 1.54) is 0 Å². The van der Waals surface area contributed by atoms with Gasteiger partial charge >= 0.3 is 5.97 Å². The second-order valence-corrected chi connectivity index (χ2v) is 4.40. The molecule has 1 aromatic carbocycles. The third-order valence-corrected chi connectivity index (χ3v) is 3.01. The van der Waals surface area contributed by atoms with E-state index in [2.05, 4.69) is 4.98 Å². The van der Waals surface area contributed by atoms with Gasteiger partial charge in [-0.15, -0.1) is 0 Å². The third kappa shape index (κ3) is 2.56. The number of pyridine rings is 1. The van der Waals surface area contributed by atoms with Crippen molar-refractivity contribution in [3.05, 3.63) is 64.5 Å². The zero-order valence-electron chi connectivity index (χ0n) is 10.5. The lowest BCUT2D eigenvalue weighted by Crippen LogP contribution is -2.03. The Morgan fingerprint density at radius 1 is 1.22 bits per heavy atom. The highest BCUT2D eigenvalue weighted by Crippen LogP contribution is 2.18. The smallest absolute Gasteiger partial charge is 0.335 e. The Morgan fingerprint density at radius 3 is 2.61 bits per heavy atom. The standard InChI is InChI=1S/C15H15NO2/c1-10-7-11(2)14(15(17)18)9-12(10)8-13-5-3-4-6-16-13/h3-7,9H,8H2,1-2H3,(H,17,18). The van der Waals surface area contributed by atoms with Gasteiger partial charge in [0.25, 0.3) is 0 Å². The molecule has 2 rings (SSSR count). The lowest BCUT2D eigenvalue weighted by atomic mass is 9.97. The molecule has 1 N–H and O–H groups in total. The van der Waals surface area contributed by atoms with Crippen molar-refractivity contribution >= 4 is 5.97 Å². The zero-order valence-corrected chi connectivity index (χ0v) is 10.5. The fraction of sp³-hybridized carbons (Fsp3) is 0.200. The summed E-state index contributed by atoms with van der Waals surface area (Å²) < 4.78 is 0. The van der Waals surface area contributed by atoms with Gasteiger partial charge in [-0.25, -0.2) is 4.79 Å². The monoisotopic (exact) mass is 241 g/mol. The van der Waals surface area contributed by atoms with Gasteiger partial charge in [0.15, 0.2) is 0 Å². The van der Waals surface area contributed by atoms with Crippen molar-refractivity contribution in [3.8, 4) is 0 Å². The highest BCUT2D eigenvalue weighted by atomic mass is 16.4. The number of rotatable bonds is 3. The van der Waals surface area contributed by atoms with Crippen molar-refractivity contribution in [2.75, 3.05) is 0 Å². The summed E-state index contributed by atoms with van der Waals surface area (Å²) in [6.07, 6.45) is 2.41. The van der Waals surface area contributed by atoms with E-state index in [4.69, 9.17) is 5.11 Å². The topological polar surface area (TPSA) is 50.2 Å². The number of aromatic carboxylic acids is 1. The first-order valence-electron chi connectivity index (χ1n) is 5.81. The van der Waals surface area contributed by atoms with Crippen molar-refractivity contribution in [1.29, 1.82) is 0 Å². The van der Waals surface area contributed by atoms with Gasteiger partial charge < -0.3 is 5.11 Å². The Balaban J connectivity index is 2.39. The van der Waals surface area contributed by atoms with Crippen LogP contribution in [0.2, 0.25) is 0 Å². The molecule has 18 heavy (non-hydrogen) atoms. The van der Waals surface area contributed by atoms with Crippen molar-refractivity contribution in [1.82, 2.24) is 4.98 Å². The minimum atomic E-state index is -0.880. The number of benzene rings is 1. The lowest BCUT2D eigenvalue weighted by molar-refractivity contribution is 0.0696. The molecule has 2 aromatic rings. The van der Waals surface area contributed by atoms with Crippen LogP contribution in [0.4, 0.5) is 0 Å². The fourth-order valence-electron chi connectivity index (χ4n) is 2.02. The molecule has 0 saturated heterocycles. The highest BCUT2D eigenvalue weighted by Gasteiger charge is 2.11. The maximum atomic E-state index is 11.1. The van der Waals surface area contributed by atoms with Gasteiger partial charge in [-0.05, 0) is 48.7 Å². The molecule has 0 fully saturated rings. The van der Waals surface area contributed by atoms with E-state index in [1.807, 2.05) is 38.1 Å². The van der Waals surface area contributed by atoms with E-state index in [0.29, 0.717) is 12.0 Å². The van der Waals surface area contributed by atoms with Gasteiger partial charge in [0.2, 0.25) is 0 Å². The minimum Gasteiger partial charge on any atom is -0.478 e. The molecular formula is C15H15NO2. The molecule has 92 valence electrons. The van der Waals surface area contributed by atoms with E-state index < -0.39 is 5.97 Å². The Bertz CT molecular complexity index is 577. The molecule has 0 unspecified atom stereocenters. The molecule has 0 atom stereocenters. The molecule has 0 saturated carbocycles. The largest absolute Gasteiger partial charge is 0.478 e. The van der Waals surface area contributed by atoms with Gasteiger partial charge in [-0.3, -0.25) is 4.98 Å². The van der Waals surface area contributed by atoms with Crippen LogP contribution >= 0.6 is 0 Å². The van der Waals surface area contributed by atoms with Gasteiger partial charge in [-0.1, -0.05) is 12.1 Å². The number of aromatic nitrogens is 1. The van der Waals surface area contributed by atoms with E-state index in [-0.39, 0.29) is 0 Å². The van der Waals surface area contributed by atoms with Gasteiger partial charge in [0.05, 0.1) is 5.56 Å². The lowest BCUT2D eigenvalue weighted by Gasteiger charge is -2.09. The highest BCUT2D eigenvalue weighted by molar-refractivity contribution is 5.89. The molecule has 3 nitrogen and oxygen atoms in total. The van der Waals surface area contributed by atoms with Crippen molar-refractivity contribution in [2.45, 2.75) is 20.3 Å². The SMILES string of the molecule is Cc1cc(C)c(C(=O)O)cc1Cc1ccccn1. The molecule has 0 aliphatic rings. The summed E-state index contributed by atoms with van der Waals surface area (Å²) in [7, 11) is 0. The second kappa shape index (κ2) is 5.00. The van der Waals surface area contributed by atoms with Crippen molar-refractivity contribution in [2.24, 2.45) is 0 Å². The predicted octanol–water partition coefficient (Wildman–Crippen LogP) is 2.99. The molecule has 1 aromatic heterocycles. The quantitative estimate of drug-likeness (QED) is 0.898. The number of aryl methyl sites for hydroxylation is 2. The molecule has 0 aliphatic carbocycles. The summed E-state index contributed by atoms with van der Waals surface area (Å²) in [5.74, 6) is -0.880. The molecule has 0 spiro atoms. The second-order valence-electron chi connectivity index (χ2n) is 4.40. The van der Waals surface area contributed by atoms with Crippen LogP contribution in [-0.4, -0.2) is 16.1 Å². The zero-order chi connectivity index (χ0) is 13.1. The van der Waals surface area contributed by atoms with E-state index in [0.717, 1.165) is 22.4 Å². The van der Waals surface area contributed by atoms with Crippen LogP contribution < -0.4 is 0 Å². The van der Waals surface area contributed by atoms with Crippen molar-refractivity contribution in [3.63, 3.8) is 0 Å². The van der Waals surface area contributed by atoms with Crippen LogP contribution in [0.25, 0.3) is 0 Å². The average Bonchev–Trinajstić information content (AvgIpc) is 2.33. The molecular weight excluding hydrogens is 226 g/mol. The Labute approximate surface area is 106 Å². The van der Waals surface area contributed by atoms with Gasteiger partial charge in [0.1, 0.15) is 0 Å². The van der Waals surface area contributed by atoms with Gasteiger partial charge in [0, 0.05) is 18.3 Å². The summed E-state index contributed by atoms with van der Waals surface area (Å²) >= 11 is 0. The van der Waals surface area contributed by atoms with Crippen LogP contribution in [0.15, 0.2) is 36.5 Å². The summed E-state index contributed by atoms with van der Waals surface area (Å²) in [4.78, 5) is 15.4. The Morgan fingerprint density at radius 2 is 2.00 bits per heavy atom. The van der Waals surface area contributed by atoms with Gasteiger partial charge in [-0.2, -0.15) is 0 Å². The van der Waals surface area contributed by atoms with Crippen LogP contribution in [0.3, 0.4) is 0 Å². The molecule has 0 radical (unpaired) electrons. The minimum absolute atomic E-state index is 0.367. The average molecular weight is 241 g/mol. The number of nitrogens with zero attached hydrogens (tertiary/aromatic N) is 1. The van der Waals surface area contributed by atoms with E-state index in [1.54, 1.807) is 12.3 Å². The molecule has 0 bridgehead atoms. The van der Waals surface area contributed by atoms with Crippen LogP contribution in [0.5, 0.6) is 0 Å². The normalized spacial score (nSPS) is 10.3. The summed E-state index contributed by atoms with van der Waals surface area (Å²) in [6, 6.07) is 9.42. The number of carbonyl (C=O) groups is 1. The maximum absolute atomic E-state index is 11.1. The number of carboxylic acids is 1.